The number of alkyl halides is 3. The van der Waals surface area contributed by atoms with Crippen LogP contribution < -0.4 is 10.1 Å². The van der Waals surface area contributed by atoms with Crippen LogP contribution in [-0.2, 0) is 16.1 Å². The second kappa shape index (κ2) is 10.2. The fourth-order valence-electron chi connectivity index (χ4n) is 3.08. The summed E-state index contributed by atoms with van der Waals surface area (Å²) in [6.45, 7) is -0.969. The molecule has 1 aliphatic heterocycles. The molecule has 13 heteroatoms. The van der Waals surface area contributed by atoms with Crippen molar-refractivity contribution in [1.82, 2.24) is 14.7 Å². The average molecular weight is 489 g/mol. The monoisotopic (exact) mass is 488 g/mol. The normalized spacial score (nSPS) is 15.9. The highest BCUT2D eigenvalue weighted by Crippen LogP contribution is 2.30. The van der Waals surface area contributed by atoms with E-state index in [9.17, 15) is 27.9 Å². The fourth-order valence-corrected chi connectivity index (χ4v) is 3.26. The topological polar surface area (TPSA) is 117 Å². The van der Waals surface area contributed by atoms with Gasteiger partial charge in [-0.05, 0) is 12.1 Å². The number of carbonyl (C=O) groups is 2. The Balaban J connectivity index is 1.72. The SMILES string of the molecule is O=C(Nc1ccn(CC(O)CO)n1)C(CC(F)(F)F)N1CC(Oc2ccccc2Cl)=CC1=O. The average Bonchev–Trinajstić information content (AvgIpc) is 3.32. The van der Waals surface area contributed by atoms with Gasteiger partial charge < -0.3 is 25.2 Å². The third-order valence-corrected chi connectivity index (χ3v) is 4.89. The molecule has 2 aromatic rings. The Labute approximate surface area is 191 Å². The summed E-state index contributed by atoms with van der Waals surface area (Å²) in [7, 11) is 0. The third kappa shape index (κ3) is 6.70. The van der Waals surface area contributed by atoms with Gasteiger partial charge in [0.2, 0.25) is 5.91 Å². The van der Waals surface area contributed by atoms with Crippen LogP contribution in [0.1, 0.15) is 6.42 Å². The van der Waals surface area contributed by atoms with E-state index in [0.29, 0.717) is 0 Å². The maximum absolute atomic E-state index is 13.2. The first-order valence-electron chi connectivity index (χ1n) is 9.69. The van der Waals surface area contributed by atoms with E-state index in [1.54, 1.807) is 18.2 Å². The molecule has 1 aromatic heterocycles. The number of halogens is 4. The number of nitrogens with one attached hydrogen (secondary N) is 1. The molecule has 1 aliphatic rings. The number of hydrogen-bond acceptors (Lipinski definition) is 6. The molecule has 0 saturated carbocycles. The van der Waals surface area contributed by atoms with E-state index in [1.165, 1.54) is 23.0 Å². The summed E-state index contributed by atoms with van der Waals surface area (Å²) in [6.07, 6.45) is -5.05. The Bertz CT molecular complexity index is 1040. The predicted octanol–water partition coefficient (Wildman–Crippen LogP) is 1.95. The first-order chi connectivity index (χ1) is 15.6. The Hall–Kier alpha value is -3.09. The number of para-hydroxylation sites is 1. The van der Waals surface area contributed by atoms with Crippen LogP contribution in [0, 0.1) is 0 Å². The summed E-state index contributed by atoms with van der Waals surface area (Å²) in [5.41, 5.74) is 0. The van der Waals surface area contributed by atoms with Gasteiger partial charge in [0.1, 0.15) is 17.6 Å². The van der Waals surface area contributed by atoms with Crippen molar-refractivity contribution in [2.45, 2.75) is 31.3 Å². The Morgan fingerprint density at radius 1 is 1.30 bits per heavy atom. The summed E-state index contributed by atoms with van der Waals surface area (Å²) >= 11 is 6.01. The van der Waals surface area contributed by atoms with E-state index in [4.69, 9.17) is 21.4 Å². The highest BCUT2D eigenvalue weighted by atomic mass is 35.5. The van der Waals surface area contributed by atoms with Crippen molar-refractivity contribution in [2.24, 2.45) is 0 Å². The van der Waals surface area contributed by atoms with Gasteiger partial charge in [0.05, 0.1) is 37.2 Å². The lowest BCUT2D eigenvalue weighted by atomic mass is 10.1. The molecule has 178 valence electrons. The van der Waals surface area contributed by atoms with Crippen molar-refractivity contribution in [1.29, 1.82) is 0 Å². The summed E-state index contributed by atoms with van der Waals surface area (Å²) < 4.78 is 46.4. The Kier molecular flexibility index (Phi) is 7.61. The number of aliphatic hydroxyl groups is 2. The van der Waals surface area contributed by atoms with Crippen LogP contribution in [0.25, 0.3) is 0 Å². The molecule has 0 saturated heterocycles. The molecule has 0 spiro atoms. The van der Waals surface area contributed by atoms with Gasteiger partial charge in [-0.25, -0.2) is 0 Å². The smallest absolute Gasteiger partial charge is 0.391 e. The van der Waals surface area contributed by atoms with Gasteiger partial charge in [0, 0.05) is 18.3 Å². The molecule has 0 radical (unpaired) electrons. The molecule has 3 N–H and O–H groups in total. The molecule has 0 aliphatic carbocycles. The summed E-state index contributed by atoms with van der Waals surface area (Å²) in [6, 6.07) is 5.79. The number of aromatic nitrogens is 2. The number of aliphatic hydroxyl groups excluding tert-OH is 2. The van der Waals surface area contributed by atoms with Gasteiger partial charge >= 0.3 is 6.18 Å². The quantitative estimate of drug-likeness (QED) is 0.497. The first-order valence-corrected chi connectivity index (χ1v) is 10.1. The molecule has 0 bridgehead atoms. The second-order valence-electron chi connectivity index (χ2n) is 7.19. The minimum absolute atomic E-state index is 0.0374. The molecule has 0 fully saturated rings. The van der Waals surface area contributed by atoms with Crippen LogP contribution in [0.15, 0.2) is 48.4 Å². The number of anilines is 1. The van der Waals surface area contributed by atoms with Crippen LogP contribution >= 0.6 is 11.6 Å². The molecule has 2 amide bonds. The first kappa shape index (κ1) is 24.6. The number of carbonyl (C=O) groups excluding carboxylic acids is 2. The third-order valence-electron chi connectivity index (χ3n) is 4.58. The number of hydrogen-bond donors (Lipinski definition) is 3. The number of benzene rings is 1. The van der Waals surface area contributed by atoms with E-state index in [0.717, 1.165) is 11.0 Å². The fraction of sp³-hybridized carbons (Fsp3) is 0.350. The summed E-state index contributed by atoms with van der Waals surface area (Å²) in [5.74, 6) is -1.74. The van der Waals surface area contributed by atoms with Crippen molar-refractivity contribution >= 4 is 29.2 Å². The van der Waals surface area contributed by atoms with Gasteiger partial charge in [-0.1, -0.05) is 23.7 Å². The Morgan fingerprint density at radius 3 is 2.70 bits per heavy atom. The maximum Gasteiger partial charge on any atom is 0.391 e. The number of rotatable bonds is 9. The minimum Gasteiger partial charge on any atom is -0.458 e. The van der Waals surface area contributed by atoms with Crippen LogP contribution in [-0.4, -0.2) is 68.2 Å². The molecular weight excluding hydrogens is 469 g/mol. The molecule has 2 heterocycles. The van der Waals surface area contributed by atoms with Gasteiger partial charge in [-0.2, -0.15) is 18.3 Å². The van der Waals surface area contributed by atoms with Crippen molar-refractivity contribution in [2.75, 3.05) is 18.5 Å². The summed E-state index contributed by atoms with van der Waals surface area (Å²) in [4.78, 5) is 25.9. The molecule has 9 nitrogen and oxygen atoms in total. The molecule has 1 aromatic carbocycles. The molecule has 2 atom stereocenters. The zero-order valence-corrected chi connectivity index (χ0v) is 17.8. The minimum atomic E-state index is -4.74. The highest BCUT2D eigenvalue weighted by molar-refractivity contribution is 6.32. The standard InChI is InChI=1S/C20H20ClF3N4O5/c21-14-3-1-2-4-16(14)33-13-7-18(31)28(10-13)15(8-20(22,23)24)19(32)25-17-5-6-27(26-17)9-12(30)11-29/h1-7,12,15,29-30H,8-11H2,(H,25,26,32). The molecule has 2 unspecified atom stereocenters. The van der Waals surface area contributed by atoms with Crippen molar-refractivity contribution in [3.63, 3.8) is 0 Å². The molecule has 3 rings (SSSR count). The zero-order valence-electron chi connectivity index (χ0n) is 17.0. The van der Waals surface area contributed by atoms with Crippen LogP contribution in [0.5, 0.6) is 5.75 Å². The van der Waals surface area contributed by atoms with E-state index in [1.807, 2.05) is 0 Å². The van der Waals surface area contributed by atoms with Crippen LogP contribution in [0.4, 0.5) is 19.0 Å². The largest absolute Gasteiger partial charge is 0.458 e. The zero-order chi connectivity index (χ0) is 24.2. The van der Waals surface area contributed by atoms with Gasteiger partial charge in [-0.15, -0.1) is 0 Å². The second-order valence-corrected chi connectivity index (χ2v) is 7.60. The number of amides is 2. The van der Waals surface area contributed by atoms with E-state index >= 15 is 0 Å². The van der Waals surface area contributed by atoms with Crippen LogP contribution in [0.2, 0.25) is 5.02 Å². The highest BCUT2D eigenvalue weighted by Gasteiger charge is 2.42. The van der Waals surface area contributed by atoms with Gasteiger partial charge in [0.15, 0.2) is 5.82 Å². The lowest BCUT2D eigenvalue weighted by molar-refractivity contribution is -0.158. The lowest BCUT2D eigenvalue weighted by Gasteiger charge is -2.27. The predicted molar refractivity (Wildman–Crippen MR) is 110 cm³/mol. The molecule has 33 heavy (non-hydrogen) atoms. The Morgan fingerprint density at radius 2 is 2.03 bits per heavy atom. The number of nitrogens with zero attached hydrogens (tertiary/aromatic N) is 3. The van der Waals surface area contributed by atoms with E-state index < -0.39 is 43.2 Å². The van der Waals surface area contributed by atoms with E-state index in [2.05, 4.69) is 10.4 Å². The van der Waals surface area contributed by atoms with Crippen molar-refractivity contribution in [3.05, 3.63) is 53.4 Å². The maximum atomic E-state index is 13.2. The van der Waals surface area contributed by atoms with Gasteiger partial charge in [-0.3, -0.25) is 14.3 Å². The van der Waals surface area contributed by atoms with Gasteiger partial charge in [0.25, 0.3) is 5.91 Å². The van der Waals surface area contributed by atoms with Crippen molar-refractivity contribution in [3.8, 4) is 5.75 Å². The lowest BCUT2D eigenvalue weighted by Crippen LogP contribution is -2.47. The number of ether oxygens (including phenoxy) is 1. The molecular formula is C20H20ClF3N4O5. The van der Waals surface area contributed by atoms with E-state index in [-0.39, 0.29) is 35.4 Å². The summed E-state index contributed by atoms with van der Waals surface area (Å²) in [5, 5.41) is 24.7. The van der Waals surface area contributed by atoms with Crippen molar-refractivity contribution < 1.29 is 37.7 Å². The van der Waals surface area contributed by atoms with Crippen LogP contribution in [0.3, 0.4) is 0 Å².